The number of aryl methyl sites for hydroxylation is 2. The SMILES string of the molecule is CCOc1cc(/C=c2\sc3nc4cc(C)c(C)cc4n3c2=O)c(Br)c(Br)c1O. The fourth-order valence-corrected chi connectivity index (χ4v) is 4.86. The van der Waals surface area contributed by atoms with Crippen molar-refractivity contribution in [1.29, 1.82) is 0 Å². The number of benzene rings is 2. The number of fused-ring (bicyclic) bond motifs is 3. The zero-order valence-corrected chi connectivity index (χ0v) is 19.3. The first-order valence-corrected chi connectivity index (χ1v) is 11.0. The van der Waals surface area contributed by atoms with Gasteiger partial charge in [0.05, 0.1) is 26.6 Å². The van der Waals surface area contributed by atoms with Gasteiger partial charge in [0, 0.05) is 4.47 Å². The summed E-state index contributed by atoms with van der Waals surface area (Å²) in [6.07, 6.45) is 1.78. The van der Waals surface area contributed by atoms with Gasteiger partial charge in [-0.25, -0.2) is 9.38 Å². The van der Waals surface area contributed by atoms with Crippen molar-refractivity contribution >= 4 is 65.3 Å². The van der Waals surface area contributed by atoms with Crippen LogP contribution in [0.4, 0.5) is 0 Å². The molecule has 0 amide bonds. The molecule has 0 bridgehead atoms. The molecule has 0 saturated carbocycles. The van der Waals surface area contributed by atoms with Crippen LogP contribution < -0.4 is 14.8 Å². The van der Waals surface area contributed by atoms with Crippen LogP contribution in [-0.2, 0) is 0 Å². The van der Waals surface area contributed by atoms with Gasteiger partial charge in [-0.1, -0.05) is 11.3 Å². The smallest absolute Gasteiger partial charge is 0.274 e. The van der Waals surface area contributed by atoms with Gasteiger partial charge in [0.15, 0.2) is 16.5 Å². The lowest BCUT2D eigenvalue weighted by Gasteiger charge is -2.10. The van der Waals surface area contributed by atoms with Gasteiger partial charge in [-0.15, -0.1) is 0 Å². The van der Waals surface area contributed by atoms with Crippen molar-refractivity contribution in [3.8, 4) is 11.5 Å². The van der Waals surface area contributed by atoms with Gasteiger partial charge in [0.25, 0.3) is 5.56 Å². The Hall–Kier alpha value is -1.90. The van der Waals surface area contributed by atoms with Gasteiger partial charge in [-0.3, -0.25) is 4.79 Å². The topological polar surface area (TPSA) is 63.8 Å². The number of ether oxygens (including phenoxy) is 1. The average Bonchev–Trinajstić information content (AvgIpc) is 3.14. The van der Waals surface area contributed by atoms with E-state index in [-0.39, 0.29) is 11.3 Å². The van der Waals surface area contributed by atoms with E-state index in [1.54, 1.807) is 16.5 Å². The molecule has 2 aromatic heterocycles. The number of phenols is 1. The zero-order valence-electron chi connectivity index (χ0n) is 15.3. The number of aromatic hydroxyl groups is 1. The summed E-state index contributed by atoms with van der Waals surface area (Å²) in [5.74, 6) is 0.375. The molecule has 0 aliphatic rings. The van der Waals surface area contributed by atoms with E-state index in [9.17, 15) is 9.90 Å². The van der Waals surface area contributed by atoms with E-state index in [1.165, 1.54) is 11.3 Å². The largest absolute Gasteiger partial charge is 0.503 e. The van der Waals surface area contributed by atoms with Gasteiger partial charge in [0.2, 0.25) is 0 Å². The Labute approximate surface area is 181 Å². The third kappa shape index (κ3) is 3.03. The predicted octanol–water partition coefficient (Wildman–Crippen LogP) is 4.70. The van der Waals surface area contributed by atoms with Crippen LogP contribution in [0, 0.1) is 13.8 Å². The summed E-state index contributed by atoms with van der Waals surface area (Å²) in [5, 5.41) is 10.2. The number of hydrogen-bond acceptors (Lipinski definition) is 5. The number of nitrogens with zero attached hydrogens (tertiary/aromatic N) is 2. The Bertz CT molecular complexity index is 1360. The molecule has 2 aromatic carbocycles. The fraction of sp³-hybridized carbons (Fsp3) is 0.200. The molecule has 8 heteroatoms. The van der Waals surface area contributed by atoms with Crippen molar-refractivity contribution in [2.45, 2.75) is 20.8 Å². The molecule has 0 saturated heterocycles. The maximum atomic E-state index is 13.1. The molecule has 4 rings (SSSR count). The van der Waals surface area contributed by atoms with Gasteiger partial charge in [-0.2, -0.15) is 0 Å². The second kappa shape index (κ2) is 7.17. The number of imidazole rings is 1. The first kappa shape index (κ1) is 19.4. The van der Waals surface area contributed by atoms with Crippen LogP contribution in [-0.4, -0.2) is 21.1 Å². The molecule has 0 aliphatic heterocycles. The monoisotopic (exact) mass is 522 g/mol. The van der Waals surface area contributed by atoms with Gasteiger partial charge in [-0.05, 0) is 93.6 Å². The zero-order chi connectivity index (χ0) is 20.2. The highest BCUT2D eigenvalue weighted by atomic mass is 79.9. The maximum Gasteiger partial charge on any atom is 0.274 e. The van der Waals surface area contributed by atoms with Crippen molar-refractivity contribution < 1.29 is 9.84 Å². The molecule has 0 spiro atoms. The summed E-state index contributed by atoms with van der Waals surface area (Å²) in [5.41, 5.74) is 4.53. The Balaban J connectivity index is 1.97. The van der Waals surface area contributed by atoms with Crippen LogP contribution >= 0.6 is 43.2 Å². The Kier molecular flexibility index (Phi) is 4.97. The molecule has 0 radical (unpaired) electrons. The van der Waals surface area contributed by atoms with Crippen molar-refractivity contribution in [3.63, 3.8) is 0 Å². The van der Waals surface area contributed by atoms with E-state index in [0.717, 1.165) is 27.7 Å². The van der Waals surface area contributed by atoms with E-state index in [4.69, 9.17) is 4.74 Å². The predicted molar refractivity (Wildman–Crippen MR) is 120 cm³/mol. The summed E-state index contributed by atoms with van der Waals surface area (Å²) in [6, 6.07) is 5.72. The summed E-state index contributed by atoms with van der Waals surface area (Å²) < 4.78 is 8.84. The minimum Gasteiger partial charge on any atom is -0.503 e. The van der Waals surface area contributed by atoms with Crippen LogP contribution in [0.25, 0.3) is 22.1 Å². The molecular weight excluding hydrogens is 508 g/mol. The number of halogens is 2. The summed E-state index contributed by atoms with van der Waals surface area (Å²) in [4.78, 5) is 18.4. The van der Waals surface area contributed by atoms with Crippen LogP contribution in [0.1, 0.15) is 23.6 Å². The van der Waals surface area contributed by atoms with Crippen LogP contribution in [0.5, 0.6) is 11.5 Å². The highest BCUT2D eigenvalue weighted by molar-refractivity contribution is 9.13. The van der Waals surface area contributed by atoms with E-state index in [2.05, 4.69) is 36.8 Å². The molecule has 1 N–H and O–H groups in total. The lowest BCUT2D eigenvalue weighted by molar-refractivity contribution is 0.317. The standard InChI is InChI=1S/C20H16Br2N2O3S/c1-4-27-14-7-11(16(21)17(22)18(14)25)8-15-19(26)24-13-6-10(3)9(2)5-12(13)23-20(24)28-15/h5-8,25H,4H2,1-3H3/b15-8-. The molecule has 4 aromatic rings. The number of rotatable bonds is 3. The maximum absolute atomic E-state index is 13.1. The van der Waals surface area contributed by atoms with Crippen molar-refractivity contribution in [2.24, 2.45) is 0 Å². The Morgan fingerprint density at radius 2 is 1.93 bits per heavy atom. The first-order valence-electron chi connectivity index (χ1n) is 8.59. The lowest BCUT2D eigenvalue weighted by atomic mass is 10.1. The average molecular weight is 524 g/mol. The second-order valence-corrected chi connectivity index (χ2v) is 9.04. The molecule has 0 aliphatic carbocycles. The van der Waals surface area contributed by atoms with Crippen LogP contribution in [0.15, 0.2) is 31.9 Å². The van der Waals surface area contributed by atoms with Crippen molar-refractivity contribution in [2.75, 3.05) is 6.61 Å². The molecule has 144 valence electrons. The molecule has 28 heavy (non-hydrogen) atoms. The van der Waals surface area contributed by atoms with Crippen LogP contribution in [0.2, 0.25) is 0 Å². The van der Waals surface area contributed by atoms with Gasteiger partial charge >= 0.3 is 0 Å². The first-order chi connectivity index (χ1) is 13.3. The van der Waals surface area contributed by atoms with Gasteiger partial charge < -0.3 is 9.84 Å². The fourth-order valence-electron chi connectivity index (χ4n) is 3.04. The molecule has 5 nitrogen and oxygen atoms in total. The number of aromatic nitrogens is 2. The van der Waals surface area contributed by atoms with Crippen molar-refractivity contribution in [3.05, 3.63) is 58.7 Å². The van der Waals surface area contributed by atoms with Crippen molar-refractivity contribution in [1.82, 2.24) is 9.38 Å². The summed E-state index contributed by atoms with van der Waals surface area (Å²) in [6.45, 7) is 6.33. The lowest BCUT2D eigenvalue weighted by Crippen LogP contribution is -2.22. The minimum absolute atomic E-state index is 0.0195. The quantitative estimate of drug-likeness (QED) is 0.422. The van der Waals surface area contributed by atoms with Gasteiger partial charge in [0.1, 0.15) is 0 Å². The van der Waals surface area contributed by atoms with E-state index in [1.807, 2.05) is 32.9 Å². The molecule has 0 fully saturated rings. The second-order valence-electron chi connectivity index (χ2n) is 6.44. The van der Waals surface area contributed by atoms with E-state index >= 15 is 0 Å². The molecule has 2 heterocycles. The van der Waals surface area contributed by atoms with E-state index < -0.39 is 0 Å². The highest BCUT2D eigenvalue weighted by Crippen LogP contribution is 2.42. The molecular formula is C20H16Br2N2O3S. The highest BCUT2D eigenvalue weighted by Gasteiger charge is 2.16. The van der Waals surface area contributed by atoms with E-state index in [0.29, 0.717) is 30.8 Å². The number of thiazole rings is 1. The Morgan fingerprint density at radius 1 is 1.21 bits per heavy atom. The summed E-state index contributed by atoms with van der Waals surface area (Å²) >= 11 is 8.18. The summed E-state index contributed by atoms with van der Waals surface area (Å²) in [7, 11) is 0. The minimum atomic E-state index is -0.111. The molecule has 0 atom stereocenters. The molecule has 0 unspecified atom stereocenters. The normalized spacial score (nSPS) is 12.4. The third-order valence-corrected chi connectivity index (χ3v) is 7.74. The number of phenolic OH excluding ortho intramolecular Hbond substituents is 1. The number of hydrogen-bond donors (Lipinski definition) is 1. The Morgan fingerprint density at radius 3 is 2.64 bits per heavy atom. The third-order valence-electron chi connectivity index (χ3n) is 4.61. The van der Waals surface area contributed by atoms with Crippen LogP contribution in [0.3, 0.4) is 0 Å².